The van der Waals surface area contributed by atoms with E-state index >= 15 is 0 Å². The standard InChI is InChI=1S/C23H21FN2O3S/c1-29-14-21(27)26-12-10-20-18(11-13-30-20)22(26)15-6-8-16(9-7-15)25-23(28)17-4-2-3-5-19(17)24/h2-9,11,13,22H,10,12,14H2,1H3,(H,25,28)/t22-/m0/s1. The minimum absolute atomic E-state index is 0.00638. The molecule has 5 nitrogen and oxygen atoms in total. The van der Waals surface area contributed by atoms with Gasteiger partial charge in [0.15, 0.2) is 0 Å². The van der Waals surface area contributed by atoms with Gasteiger partial charge in [-0.25, -0.2) is 4.39 Å². The van der Waals surface area contributed by atoms with Gasteiger partial charge in [-0.1, -0.05) is 24.3 Å². The van der Waals surface area contributed by atoms with Crippen LogP contribution < -0.4 is 5.32 Å². The number of rotatable bonds is 5. The van der Waals surface area contributed by atoms with Crippen molar-refractivity contribution < 1.29 is 18.7 Å². The Morgan fingerprint density at radius 3 is 2.67 bits per heavy atom. The van der Waals surface area contributed by atoms with Gasteiger partial charge in [-0.05, 0) is 53.3 Å². The third-order valence-electron chi connectivity index (χ3n) is 5.16. The van der Waals surface area contributed by atoms with E-state index in [0.29, 0.717) is 12.2 Å². The van der Waals surface area contributed by atoms with Crippen molar-refractivity contribution >= 4 is 28.8 Å². The lowest BCUT2D eigenvalue weighted by molar-refractivity contribution is -0.137. The van der Waals surface area contributed by atoms with Crippen LogP contribution in [0.15, 0.2) is 60.0 Å². The fourth-order valence-electron chi connectivity index (χ4n) is 3.74. The van der Waals surface area contributed by atoms with Gasteiger partial charge >= 0.3 is 0 Å². The molecule has 7 heteroatoms. The molecule has 1 aliphatic heterocycles. The molecule has 0 aliphatic carbocycles. The van der Waals surface area contributed by atoms with E-state index in [4.69, 9.17) is 4.74 Å². The number of hydrogen-bond acceptors (Lipinski definition) is 4. The molecular weight excluding hydrogens is 403 g/mol. The quantitative estimate of drug-likeness (QED) is 0.666. The topological polar surface area (TPSA) is 58.6 Å². The normalized spacial score (nSPS) is 15.5. The van der Waals surface area contributed by atoms with Crippen LogP contribution in [0.25, 0.3) is 0 Å². The second kappa shape index (κ2) is 8.77. The van der Waals surface area contributed by atoms with E-state index in [2.05, 4.69) is 11.4 Å². The molecule has 2 amide bonds. The van der Waals surface area contributed by atoms with Crippen LogP contribution in [0.4, 0.5) is 10.1 Å². The molecule has 1 aliphatic rings. The van der Waals surface area contributed by atoms with Gasteiger partial charge in [-0.2, -0.15) is 0 Å². The maximum Gasteiger partial charge on any atom is 0.258 e. The van der Waals surface area contributed by atoms with Gasteiger partial charge in [0.05, 0.1) is 11.6 Å². The smallest absolute Gasteiger partial charge is 0.258 e. The van der Waals surface area contributed by atoms with Crippen molar-refractivity contribution in [1.29, 1.82) is 0 Å². The van der Waals surface area contributed by atoms with Gasteiger partial charge in [0.1, 0.15) is 12.4 Å². The fraction of sp³-hybridized carbons (Fsp3) is 0.217. The molecule has 0 spiro atoms. The molecular formula is C23H21FN2O3S. The molecule has 3 aromatic rings. The highest BCUT2D eigenvalue weighted by atomic mass is 32.1. The van der Waals surface area contributed by atoms with E-state index < -0.39 is 11.7 Å². The minimum atomic E-state index is -0.564. The zero-order valence-electron chi connectivity index (χ0n) is 16.4. The van der Waals surface area contributed by atoms with Crippen molar-refractivity contribution in [3.05, 3.63) is 87.4 Å². The summed E-state index contributed by atoms with van der Waals surface area (Å²) in [5.41, 5.74) is 2.62. The number of carbonyl (C=O) groups is 2. The fourth-order valence-corrected chi connectivity index (χ4v) is 4.65. The Labute approximate surface area is 178 Å². The van der Waals surface area contributed by atoms with Gasteiger partial charge in [-0.3, -0.25) is 9.59 Å². The molecule has 0 fully saturated rings. The van der Waals surface area contributed by atoms with Crippen LogP contribution in [0.2, 0.25) is 0 Å². The maximum absolute atomic E-state index is 13.8. The zero-order chi connectivity index (χ0) is 21.1. The van der Waals surface area contributed by atoms with E-state index in [1.54, 1.807) is 35.6 Å². The van der Waals surface area contributed by atoms with Crippen molar-refractivity contribution in [2.24, 2.45) is 0 Å². The molecule has 1 N–H and O–H groups in total. The molecule has 0 saturated heterocycles. The molecule has 2 aromatic carbocycles. The summed E-state index contributed by atoms with van der Waals surface area (Å²) in [6, 6.07) is 15.0. The number of halogens is 1. The number of nitrogens with one attached hydrogen (secondary N) is 1. The van der Waals surface area contributed by atoms with Gasteiger partial charge in [0, 0.05) is 24.2 Å². The highest BCUT2D eigenvalue weighted by molar-refractivity contribution is 7.10. The molecule has 0 saturated carbocycles. The summed E-state index contributed by atoms with van der Waals surface area (Å²) in [5, 5.41) is 4.77. The summed E-state index contributed by atoms with van der Waals surface area (Å²) in [7, 11) is 1.51. The molecule has 2 heterocycles. The number of anilines is 1. The van der Waals surface area contributed by atoms with Crippen molar-refractivity contribution in [2.45, 2.75) is 12.5 Å². The second-order valence-corrected chi connectivity index (χ2v) is 8.03. The molecule has 0 unspecified atom stereocenters. The van der Waals surface area contributed by atoms with Crippen LogP contribution in [0.5, 0.6) is 0 Å². The Balaban J connectivity index is 1.58. The maximum atomic E-state index is 13.8. The first-order chi connectivity index (χ1) is 14.6. The third kappa shape index (κ3) is 3.99. The Kier molecular flexibility index (Phi) is 5.92. The Morgan fingerprint density at radius 2 is 1.93 bits per heavy atom. The minimum Gasteiger partial charge on any atom is -0.375 e. The largest absolute Gasteiger partial charge is 0.375 e. The monoisotopic (exact) mass is 424 g/mol. The number of benzene rings is 2. The second-order valence-electron chi connectivity index (χ2n) is 7.03. The highest BCUT2D eigenvalue weighted by Gasteiger charge is 2.32. The summed E-state index contributed by atoms with van der Waals surface area (Å²) < 4.78 is 18.9. The van der Waals surface area contributed by atoms with Crippen LogP contribution in [-0.2, 0) is 16.0 Å². The van der Waals surface area contributed by atoms with Crippen molar-refractivity contribution in [2.75, 3.05) is 25.6 Å². The van der Waals surface area contributed by atoms with Gasteiger partial charge in [0.25, 0.3) is 5.91 Å². The first kappa shape index (κ1) is 20.3. The lowest BCUT2D eigenvalue weighted by Crippen LogP contribution is -2.41. The van der Waals surface area contributed by atoms with Crippen LogP contribution in [-0.4, -0.2) is 37.0 Å². The summed E-state index contributed by atoms with van der Waals surface area (Å²) in [6.07, 6.45) is 0.829. The Morgan fingerprint density at radius 1 is 1.17 bits per heavy atom. The zero-order valence-corrected chi connectivity index (χ0v) is 17.2. The lowest BCUT2D eigenvalue weighted by atomic mass is 9.93. The van der Waals surface area contributed by atoms with Gasteiger partial charge < -0.3 is 15.0 Å². The number of fused-ring (bicyclic) bond motifs is 1. The molecule has 1 aromatic heterocycles. The molecule has 0 bridgehead atoms. The number of methoxy groups -OCH3 is 1. The first-order valence-corrected chi connectivity index (χ1v) is 10.5. The number of amides is 2. The molecule has 4 rings (SSSR count). The molecule has 154 valence electrons. The van der Waals surface area contributed by atoms with Gasteiger partial charge in [-0.15, -0.1) is 11.3 Å². The lowest BCUT2D eigenvalue weighted by Gasteiger charge is -2.36. The number of carbonyl (C=O) groups excluding carboxylic acids is 2. The van der Waals surface area contributed by atoms with E-state index in [1.165, 1.54) is 24.1 Å². The summed E-state index contributed by atoms with van der Waals surface area (Å²) in [4.78, 5) is 28.1. The van der Waals surface area contributed by atoms with E-state index in [1.807, 2.05) is 22.4 Å². The Hall–Kier alpha value is -3.03. The predicted octanol–water partition coefficient (Wildman–Crippen LogP) is 4.26. The van der Waals surface area contributed by atoms with Crippen LogP contribution in [0.1, 0.15) is 32.4 Å². The number of nitrogens with zero attached hydrogens (tertiary/aromatic N) is 1. The summed E-state index contributed by atoms with van der Waals surface area (Å²) in [5.74, 6) is -1.13. The van der Waals surface area contributed by atoms with Gasteiger partial charge in [0.2, 0.25) is 5.91 Å². The number of hydrogen-bond donors (Lipinski definition) is 1. The first-order valence-electron chi connectivity index (χ1n) is 9.59. The van der Waals surface area contributed by atoms with Crippen molar-refractivity contribution in [1.82, 2.24) is 4.90 Å². The van der Waals surface area contributed by atoms with Crippen molar-refractivity contribution in [3.63, 3.8) is 0 Å². The van der Waals surface area contributed by atoms with Crippen molar-refractivity contribution in [3.8, 4) is 0 Å². The molecule has 0 radical (unpaired) electrons. The van der Waals surface area contributed by atoms with Crippen LogP contribution >= 0.6 is 11.3 Å². The average Bonchev–Trinajstić information content (AvgIpc) is 3.23. The average molecular weight is 424 g/mol. The van der Waals surface area contributed by atoms with E-state index in [9.17, 15) is 14.0 Å². The Bertz CT molecular complexity index is 1060. The van der Waals surface area contributed by atoms with Crippen LogP contribution in [0.3, 0.4) is 0 Å². The number of thiophene rings is 1. The summed E-state index contributed by atoms with van der Waals surface area (Å²) in [6.45, 7) is 0.666. The molecule has 30 heavy (non-hydrogen) atoms. The predicted molar refractivity (Wildman–Crippen MR) is 114 cm³/mol. The van der Waals surface area contributed by atoms with E-state index in [0.717, 1.165) is 17.5 Å². The van der Waals surface area contributed by atoms with Crippen LogP contribution in [0, 0.1) is 5.82 Å². The summed E-state index contributed by atoms with van der Waals surface area (Å²) >= 11 is 1.70. The highest BCUT2D eigenvalue weighted by Crippen LogP contribution is 2.38. The third-order valence-corrected chi connectivity index (χ3v) is 6.15. The number of ether oxygens (including phenoxy) is 1. The SMILES string of the molecule is COCC(=O)N1CCc2sccc2[C@@H]1c1ccc(NC(=O)c2ccccc2F)cc1. The van der Waals surface area contributed by atoms with E-state index in [-0.39, 0.29) is 24.1 Å². The molecule has 1 atom stereocenters.